The number of aromatic nitrogens is 2. The minimum absolute atomic E-state index is 0.318. The molecule has 0 aliphatic carbocycles. The first-order valence-electron chi connectivity index (χ1n) is 4.78. The first-order chi connectivity index (χ1) is 7.58. The van der Waals surface area contributed by atoms with Crippen molar-refractivity contribution < 1.29 is 4.39 Å². The van der Waals surface area contributed by atoms with Crippen LogP contribution in [0.2, 0.25) is 5.02 Å². The summed E-state index contributed by atoms with van der Waals surface area (Å²) in [6, 6.07) is 5.54. The second-order valence-electron chi connectivity index (χ2n) is 3.56. The number of nitrogens with two attached hydrogens (primary N) is 1. The predicted molar refractivity (Wildman–Crippen MR) is 60.6 cm³/mol. The summed E-state index contributed by atoms with van der Waals surface area (Å²) in [5.74, 6) is -0.373. The molecule has 1 aromatic carbocycles. The molecule has 1 unspecified atom stereocenters. The Balaban J connectivity index is 2.37. The smallest absolute Gasteiger partial charge is 0.124 e. The van der Waals surface area contributed by atoms with Crippen LogP contribution in [0, 0.1) is 5.82 Å². The van der Waals surface area contributed by atoms with Crippen LogP contribution in [0.3, 0.4) is 0 Å². The molecule has 2 aromatic rings. The van der Waals surface area contributed by atoms with Gasteiger partial charge >= 0.3 is 0 Å². The van der Waals surface area contributed by atoms with Crippen LogP contribution < -0.4 is 5.73 Å². The van der Waals surface area contributed by atoms with E-state index in [1.54, 1.807) is 16.9 Å². The molecule has 2 rings (SSSR count). The van der Waals surface area contributed by atoms with Crippen LogP contribution in [0.4, 0.5) is 4.39 Å². The lowest BCUT2D eigenvalue weighted by Gasteiger charge is -2.11. The molecule has 0 aliphatic rings. The van der Waals surface area contributed by atoms with E-state index in [1.165, 1.54) is 12.1 Å². The fraction of sp³-hybridized carbons (Fsp3) is 0.182. The van der Waals surface area contributed by atoms with Gasteiger partial charge in [0.05, 0.1) is 11.7 Å². The number of hydrogen-bond acceptors (Lipinski definition) is 2. The number of benzene rings is 1. The molecular weight excluding hydrogens is 229 g/mol. The summed E-state index contributed by atoms with van der Waals surface area (Å²) >= 11 is 5.93. The van der Waals surface area contributed by atoms with Crippen LogP contribution in [0.1, 0.15) is 17.3 Å². The molecule has 0 aliphatic heterocycles. The van der Waals surface area contributed by atoms with Crippen molar-refractivity contribution in [1.82, 2.24) is 9.78 Å². The van der Waals surface area contributed by atoms with E-state index in [9.17, 15) is 4.39 Å². The maximum Gasteiger partial charge on any atom is 0.124 e. The molecule has 1 heterocycles. The van der Waals surface area contributed by atoms with Crippen LogP contribution in [0.15, 0.2) is 30.5 Å². The van der Waals surface area contributed by atoms with E-state index >= 15 is 0 Å². The number of halogens is 2. The van der Waals surface area contributed by atoms with E-state index in [1.807, 2.05) is 13.1 Å². The maximum absolute atomic E-state index is 12.9. The third-order valence-corrected chi connectivity index (χ3v) is 2.68. The van der Waals surface area contributed by atoms with Crippen molar-refractivity contribution in [3.05, 3.63) is 52.6 Å². The Morgan fingerprint density at radius 3 is 2.75 bits per heavy atom. The zero-order chi connectivity index (χ0) is 11.7. The topological polar surface area (TPSA) is 43.8 Å². The Labute approximate surface area is 97.6 Å². The summed E-state index contributed by atoms with van der Waals surface area (Å²) < 4.78 is 14.5. The van der Waals surface area contributed by atoms with Crippen molar-refractivity contribution in [2.24, 2.45) is 12.8 Å². The normalized spacial score (nSPS) is 12.8. The fourth-order valence-electron chi connectivity index (χ4n) is 1.51. The maximum atomic E-state index is 12.9. The summed E-state index contributed by atoms with van der Waals surface area (Å²) in [6.07, 6.45) is 1.80. The molecule has 0 bridgehead atoms. The monoisotopic (exact) mass is 239 g/mol. The van der Waals surface area contributed by atoms with Crippen molar-refractivity contribution in [2.45, 2.75) is 6.04 Å². The van der Waals surface area contributed by atoms with Gasteiger partial charge in [-0.3, -0.25) is 4.68 Å². The third kappa shape index (κ3) is 2.08. The lowest BCUT2D eigenvalue weighted by Crippen LogP contribution is -2.13. The van der Waals surface area contributed by atoms with Crippen LogP contribution in [0.5, 0.6) is 0 Å². The molecule has 5 heteroatoms. The van der Waals surface area contributed by atoms with E-state index < -0.39 is 6.04 Å². The molecule has 0 saturated heterocycles. The number of hydrogen-bond donors (Lipinski definition) is 1. The average molecular weight is 240 g/mol. The van der Waals surface area contributed by atoms with E-state index in [0.717, 1.165) is 0 Å². The zero-order valence-corrected chi connectivity index (χ0v) is 9.45. The average Bonchev–Trinajstić information content (AvgIpc) is 2.64. The molecule has 16 heavy (non-hydrogen) atoms. The van der Waals surface area contributed by atoms with E-state index in [-0.39, 0.29) is 5.82 Å². The largest absolute Gasteiger partial charge is 0.319 e. The van der Waals surface area contributed by atoms with Gasteiger partial charge in [0.1, 0.15) is 5.82 Å². The van der Waals surface area contributed by atoms with Crippen LogP contribution in [-0.4, -0.2) is 9.78 Å². The van der Waals surface area contributed by atoms with Crippen molar-refractivity contribution in [3.8, 4) is 0 Å². The van der Waals surface area contributed by atoms with E-state index in [0.29, 0.717) is 16.3 Å². The summed E-state index contributed by atoms with van der Waals surface area (Å²) in [6.45, 7) is 0. The lowest BCUT2D eigenvalue weighted by atomic mass is 10.0. The van der Waals surface area contributed by atoms with Gasteiger partial charge in [-0.25, -0.2) is 4.39 Å². The number of nitrogens with zero attached hydrogens (tertiary/aromatic N) is 2. The highest BCUT2D eigenvalue weighted by Gasteiger charge is 2.15. The molecular formula is C11H11ClFN3. The third-order valence-electron chi connectivity index (χ3n) is 2.35. The standard InChI is InChI=1S/C11H11ClFN3/c1-16-5-4-10(15-16)11(14)8-3-2-7(13)6-9(8)12/h2-6,11H,14H2,1H3. The molecule has 1 aromatic heterocycles. The van der Waals surface area contributed by atoms with Gasteiger partial charge in [0.15, 0.2) is 0 Å². The number of rotatable bonds is 2. The Kier molecular flexibility index (Phi) is 2.94. The fourth-order valence-corrected chi connectivity index (χ4v) is 1.80. The summed E-state index contributed by atoms with van der Waals surface area (Å²) in [5, 5.41) is 4.51. The Morgan fingerprint density at radius 1 is 1.44 bits per heavy atom. The molecule has 0 saturated carbocycles. The summed E-state index contributed by atoms with van der Waals surface area (Å²) in [5.41, 5.74) is 7.37. The van der Waals surface area contributed by atoms with Gasteiger partial charge in [-0.05, 0) is 23.8 Å². The van der Waals surface area contributed by atoms with Gasteiger partial charge in [0, 0.05) is 18.3 Å². The predicted octanol–water partition coefficient (Wildman–Crippen LogP) is 2.26. The van der Waals surface area contributed by atoms with Gasteiger partial charge < -0.3 is 5.73 Å². The second kappa shape index (κ2) is 4.23. The van der Waals surface area contributed by atoms with Crippen LogP contribution in [-0.2, 0) is 7.05 Å². The van der Waals surface area contributed by atoms with E-state index in [4.69, 9.17) is 17.3 Å². The highest BCUT2D eigenvalue weighted by Crippen LogP contribution is 2.26. The summed E-state index contributed by atoms with van der Waals surface area (Å²) in [4.78, 5) is 0. The Bertz CT molecular complexity index is 510. The van der Waals surface area contributed by atoms with Gasteiger partial charge in [-0.1, -0.05) is 17.7 Å². The molecule has 0 spiro atoms. The first-order valence-corrected chi connectivity index (χ1v) is 5.16. The van der Waals surface area contributed by atoms with Gasteiger partial charge in [-0.2, -0.15) is 5.10 Å². The van der Waals surface area contributed by atoms with Crippen molar-refractivity contribution in [3.63, 3.8) is 0 Å². The molecule has 0 fully saturated rings. The number of aryl methyl sites for hydroxylation is 1. The molecule has 84 valence electrons. The van der Waals surface area contributed by atoms with Crippen LogP contribution in [0.25, 0.3) is 0 Å². The minimum Gasteiger partial charge on any atom is -0.319 e. The minimum atomic E-state index is -0.436. The Hall–Kier alpha value is -1.39. The van der Waals surface area contributed by atoms with Gasteiger partial charge in [0.2, 0.25) is 0 Å². The molecule has 3 nitrogen and oxygen atoms in total. The molecule has 0 radical (unpaired) electrons. The molecule has 2 N–H and O–H groups in total. The highest BCUT2D eigenvalue weighted by atomic mass is 35.5. The molecule has 1 atom stereocenters. The lowest BCUT2D eigenvalue weighted by molar-refractivity contribution is 0.626. The van der Waals surface area contributed by atoms with Crippen molar-refractivity contribution in [2.75, 3.05) is 0 Å². The molecule has 0 amide bonds. The van der Waals surface area contributed by atoms with Crippen LogP contribution >= 0.6 is 11.6 Å². The van der Waals surface area contributed by atoms with Gasteiger partial charge in [-0.15, -0.1) is 0 Å². The zero-order valence-electron chi connectivity index (χ0n) is 8.69. The quantitative estimate of drug-likeness (QED) is 0.874. The summed E-state index contributed by atoms with van der Waals surface area (Å²) in [7, 11) is 1.81. The van der Waals surface area contributed by atoms with Crippen molar-refractivity contribution >= 4 is 11.6 Å². The van der Waals surface area contributed by atoms with E-state index in [2.05, 4.69) is 5.10 Å². The first kappa shape index (κ1) is 11.1. The highest BCUT2D eigenvalue weighted by molar-refractivity contribution is 6.31. The van der Waals surface area contributed by atoms with Gasteiger partial charge in [0.25, 0.3) is 0 Å². The van der Waals surface area contributed by atoms with Crippen molar-refractivity contribution in [1.29, 1.82) is 0 Å². The SMILES string of the molecule is Cn1ccc(C(N)c2ccc(F)cc2Cl)n1. The Morgan fingerprint density at radius 2 is 2.19 bits per heavy atom. The second-order valence-corrected chi connectivity index (χ2v) is 3.96.